The minimum atomic E-state index is 0.505. The molecule has 0 aromatic heterocycles. The summed E-state index contributed by atoms with van der Waals surface area (Å²) in [6.07, 6.45) is 1.21. The van der Waals surface area contributed by atoms with Gasteiger partial charge in [-0.2, -0.15) is 0 Å². The van der Waals surface area contributed by atoms with E-state index in [9.17, 15) is 0 Å². The lowest BCUT2D eigenvalue weighted by molar-refractivity contribution is 0.437. The fraction of sp³-hybridized carbons (Fsp3) is 0.600. The molecule has 16 heavy (non-hydrogen) atoms. The topological polar surface area (TPSA) is 12.0 Å². The maximum absolute atomic E-state index is 3.59. The lowest BCUT2D eigenvalue weighted by atomic mass is 9.93. The third kappa shape index (κ3) is 3.64. The van der Waals surface area contributed by atoms with Gasteiger partial charge < -0.3 is 5.32 Å². The zero-order valence-corrected chi connectivity index (χ0v) is 11.3. The Balaban J connectivity index is 2.91. The first-order valence-electron chi connectivity index (χ1n) is 6.35. The van der Waals surface area contributed by atoms with Crippen molar-refractivity contribution in [3.8, 4) is 0 Å². The second-order valence-electron chi connectivity index (χ2n) is 5.10. The Morgan fingerprint density at radius 3 is 2.38 bits per heavy atom. The van der Waals surface area contributed by atoms with Crippen LogP contribution in [0.5, 0.6) is 0 Å². The van der Waals surface area contributed by atoms with Gasteiger partial charge in [-0.15, -0.1) is 0 Å². The van der Waals surface area contributed by atoms with Gasteiger partial charge in [0.15, 0.2) is 0 Å². The van der Waals surface area contributed by atoms with Crippen LogP contribution in [0.25, 0.3) is 0 Å². The van der Waals surface area contributed by atoms with Gasteiger partial charge >= 0.3 is 0 Å². The number of rotatable bonds is 5. The Labute approximate surface area is 100 Å². The van der Waals surface area contributed by atoms with E-state index in [1.807, 2.05) is 0 Å². The van der Waals surface area contributed by atoms with Gasteiger partial charge in [0.05, 0.1) is 0 Å². The van der Waals surface area contributed by atoms with Gasteiger partial charge in [-0.25, -0.2) is 0 Å². The summed E-state index contributed by atoms with van der Waals surface area (Å²) in [5.41, 5.74) is 4.22. The van der Waals surface area contributed by atoms with Crippen molar-refractivity contribution in [3.05, 3.63) is 34.9 Å². The van der Waals surface area contributed by atoms with E-state index in [-0.39, 0.29) is 0 Å². The Morgan fingerprint density at radius 1 is 1.19 bits per heavy atom. The summed E-state index contributed by atoms with van der Waals surface area (Å²) in [7, 11) is 0. The van der Waals surface area contributed by atoms with Gasteiger partial charge in [0.2, 0.25) is 0 Å². The van der Waals surface area contributed by atoms with Gasteiger partial charge in [-0.3, -0.25) is 0 Å². The third-order valence-corrected chi connectivity index (χ3v) is 2.96. The molecule has 90 valence electrons. The number of aryl methyl sites for hydroxylation is 2. The number of benzene rings is 1. The maximum Gasteiger partial charge on any atom is 0.0325 e. The first-order chi connectivity index (χ1) is 7.54. The molecule has 0 aliphatic heterocycles. The normalized spacial score (nSPS) is 13.1. The van der Waals surface area contributed by atoms with E-state index in [1.165, 1.54) is 23.1 Å². The zero-order valence-electron chi connectivity index (χ0n) is 11.3. The van der Waals surface area contributed by atoms with Crippen molar-refractivity contribution in [1.29, 1.82) is 0 Å². The highest BCUT2D eigenvalue weighted by atomic mass is 14.9. The highest BCUT2D eigenvalue weighted by Gasteiger charge is 2.13. The quantitative estimate of drug-likeness (QED) is 0.789. The van der Waals surface area contributed by atoms with Crippen LogP contribution in [0.15, 0.2) is 18.2 Å². The van der Waals surface area contributed by atoms with Gasteiger partial charge in [-0.05, 0) is 43.9 Å². The number of hydrogen-bond acceptors (Lipinski definition) is 1. The minimum Gasteiger partial charge on any atom is -0.310 e. The van der Waals surface area contributed by atoms with Crippen molar-refractivity contribution < 1.29 is 0 Å². The van der Waals surface area contributed by atoms with Gasteiger partial charge in [0.1, 0.15) is 0 Å². The molecule has 0 heterocycles. The lowest BCUT2D eigenvalue weighted by Gasteiger charge is -2.22. The van der Waals surface area contributed by atoms with Crippen molar-refractivity contribution in [2.75, 3.05) is 6.54 Å². The molecule has 0 saturated carbocycles. The summed E-state index contributed by atoms with van der Waals surface area (Å²) in [5, 5.41) is 3.59. The predicted octanol–water partition coefficient (Wildman–Crippen LogP) is 4.00. The third-order valence-electron chi connectivity index (χ3n) is 2.96. The Morgan fingerprint density at radius 2 is 1.88 bits per heavy atom. The second-order valence-corrected chi connectivity index (χ2v) is 5.10. The zero-order chi connectivity index (χ0) is 12.1. The number of hydrogen-bond donors (Lipinski definition) is 1. The number of nitrogens with one attached hydrogen (secondary N) is 1. The summed E-state index contributed by atoms with van der Waals surface area (Å²) in [6, 6.07) is 7.28. The SMILES string of the molecule is CCNC(CC(C)C)c1ccc(C)cc1C. The molecular formula is C15H25N. The molecule has 1 nitrogen and oxygen atoms in total. The van der Waals surface area contributed by atoms with Crippen LogP contribution in [-0.2, 0) is 0 Å². The average molecular weight is 219 g/mol. The second kappa shape index (κ2) is 6.05. The van der Waals surface area contributed by atoms with E-state index in [2.05, 4.69) is 58.1 Å². The molecule has 1 rings (SSSR count). The molecule has 0 aliphatic carbocycles. The molecular weight excluding hydrogens is 194 g/mol. The molecule has 1 N–H and O–H groups in total. The summed E-state index contributed by atoms with van der Waals surface area (Å²) in [6.45, 7) is 12.2. The fourth-order valence-corrected chi connectivity index (χ4v) is 2.25. The minimum absolute atomic E-state index is 0.505. The van der Waals surface area contributed by atoms with Crippen LogP contribution in [0.1, 0.15) is 49.9 Å². The molecule has 0 amide bonds. The fourth-order valence-electron chi connectivity index (χ4n) is 2.25. The van der Waals surface area contributed by atoms with Crippen molar-refractivity contribution in [2.45, 2.75) is 47.1 Å². The largest absolute Gasteiger partial charge is 0.310 e. The van der Waals surface area contributed by atoms with Crippen molar-refractivity contribution in [2.24, 2.45) is 5.92 Å². The smallest absolute Gasteiger partial charge is 0.0325 e. The average Bonchev–Trinajstić information content (AvgIpc) is 2.16. The molecule has 1 aromatic rings. The summed E-state index contributed by atoms with van der Waals surface area (Å²) in [5.74, 6) is 0.727. The van der Waals surface area contributed by atoms with Gasteiger partial charge in [0, 0.05) is 6.04 Å². The molecule has 0 radical (unpaired) electrons. The van der Waals surface area contributed by atoms with Gasteiger partial charge in [0.25, 0.3) is 0 Å². The molecule has 1 atom stereocenters. The molecule has 0 aliphatic rings. The highest BCUT2D eigenvalue weighted by Crippen LogP contribution is 2.24. The summed E-state index contributed by atoms with van der Waals surface area (Å²) >= 11 is 0. The standard InChI is InChI=1S/C15H25N/c1-6-16-15(9-11(2)3)14-8-7-12(4)10-13(14)5/h7-8,10-11,15-16H,6,9H2,1-5H3. The van der Waals surface area contributed by atoms with Crippen LogP contribution >= 0.6 is 0 Å². The molecule has 0 bridgehead atoms. The van der Waals surface area contributed by atoms with E-state index < -0.39 is 0 Å². The molecule has 0 spiro atoms. The lowest BCUT2D eigenvalue weighted by Crippen LogP contribution is -2.23. The van der Waals surface area contributed by atoms with E-state index >= 15 is 0 Å². The Hall–Kier alpha value is -0.820. The summed E-state index contributed by atoms with van der Waals surface area (Å²) < 4.78 is 0. The first-order valence-corrected chi connectivity index (χ1v) is 6.35. The van der Waals surface area contributed by atoms with Crippen LogP contribution in [0.4, 0.5) is 0 Å². The Bertz CT molecular complexity index is 328. The highest BCUT2D eigenvalue weighted by molar-refractivity contribution is 5.32. The van der Waals surface area contributed by atoms with Crippen molar-refractivity contribution >= 4 is 0 Å². The van der Waals surface area contributed by atoms with Crippen LogP contribution in [0.3, 0.4) is 0 Å². The molecule has 0 saturated heterocycles. The van der Waals surface area contributed by atoms with Crippen molar-refractivity contribution in [3.63, 3.8) is 0 Å². The van der Waals surface area contributed by atoms with Crippen LogP contribution in [-0.4, -0.2) is 6.54 Å². The first kappa shape index (κ1) is 13.2. The van der Waals surface area contributed by atoms with Crippen LogP contribution in [0, 0.1) is 19.8 Å². The molecule has 1 unspecified atom stereocenters. The predicted molar refractivity (Wildman–Crippen MR) is 71.8 cm³/mol. The van der Waals surface area contributed by atoms with E-state index in [1.54, 1.807) is 0 Å². The van der Waals surface area contributed by atoms with Gasteiger partial charge in [-0.1, -0.05) is 44.5 Å². The summed E-state index contributed by atoms with van der Waals surface area (Å²) in [4.78, 5) is 0. The van der Waals surface area contributed by atoms with Crippen molar-refractivity contribution in [1.82, 2.24) is 5.32 Å². The van der Waals surface area contributed by atoms with Crippen LogP contribution in [0.2, 0.25) is 0 Å². The van der Waals surface area contributed by atoms with E-state index in [4.69, 9.17) is 0 Å². The molecule has 1 aromatic carbocycles. The van der Waals surface area contributed by atoms with Crippen LogP contribution < -0.4 is 5.32 Å². The molecule has 1 heteroatoms. The molecule has 0 fully saturated rings. The van der Waals surface area contributed by atoms with E-state index in [0.717, 1.165) is 12.5 Å². The monoisotopic (exact) mass is 219 g/mol. The Kier molecular flexibility index (Phi) is 5.01. The maximum atomic E-state index is 3.59. The van der Waals surface area contributed by atoms with E-state index in [0.29, 0.717) is 6.04 Å².